The zero-order chi connectivity index (χ0) is 11.6. The number of hydrogen-bond acceptors (Lipinski definition) is 3. The van der Waals surface area contributed by atoms with Crippen molar-refractivity contribution in [2.75, 3.05) is 0 Å². The highest BCUT2D eigenvalue weighted by Gasteiger charge is 2.17. The first-order valence-electron chi connectivity index (χ1n) is 3.77. The predicted molar refractivity (Wildman–Crippen MR) is 57.3 cm³/mol. The minimum absolute atomic E-state index is 0. The third kappa shape index (κ3) is 2.82. The summed E-state index contributed by atoms with van der Waals surface area (Å²) in [6.07, 6.45) is 0. The fraction of sp³-hybridized carbons (Fsp3) is 0. The minimum atomic E-state index is -1.48. The van der Waals surface area contributed by atoms with Crippen LogP contribution in [0.25, 0.3) is 0 Å². The zero-order valence-corrected chi connectivity index (χ0v) is 7.30. The van der Waals surface area contributed by atoms with E-state index in [1.807, 2.05) is 0 Å². The molecular formula is C9H9AlO6. The second-order valence-corrected chi connectivity index (χ2v) is 2.68. The van der Waals surface area contributed by atoms with Crippen LogP contribution in [0.4, 0.5) is 0 Å². The molecule has 1 aromatic carbocycles. The normalized spacial score (nSPS) is 9.00. The van der Waals surface area contributed by atoms with Crippen molar-refractivity contribution >= 4 is 35.3 Å². The summed E-state index contributed by atoms with van der Waals surface area (Å²) in [6, 6.07) is 2.81. The van der Waals surface area contributed by atoms with E-state index < -0.39 is 29.0 Å². The molecule has 0 fully saturated rings. The lowest BCUT2D eigenvalue weighted by Gasteiger charge is -2.02. The van der Waals surface area contributed by atoms with Gasteiger partial charge in [-0.2, -0.15) is 0 Å². The van der Waals surface area contributed by atoms with Gasteiger partial charge in [-0.05, 0) is 18.2 Å². The average molecular weight is 240 g/mol. The van der Waals surface area contributed by atoms with Crippen LogP contribution in [0.2, 0.25) is 0 Å². The largest absolute Gasteiger partial charge is 0.478 e. The molecule has 0 spiro atoms. The first-order valence-corrected chi connectivity index (χ1v) is 3.77. The Labute approximate surface area is 100 Å². The van der Waals surface area contributed by atoms with Gasteiger partial charge < -0.3 is 15.3 Å². The third-order valence-electron chi connectivity index (χ3n) is 1.73. The molecule has 3 N–H and O–H groups in total. The van der Waals surface area contributed by atoms with Gasteiger partial charge in [0.1, 0.15) is 0 Å². The van der Waals surface area contributed by atoms with E-state index in [1.54, 1.807) is 0 Å². The third-order valence-corrected chi connectivity index (χ3v) is 1.73. The van der Waals surface area contributed by atoms with Gasteiger partial charge >= 0.3 is 17.9 Å². The van der Waals surface area contributed by atoms with Crippen molar-refractivity contribution in [2.24, 2.45) is 0 Å². The summed E-state index contributed by atoms with van der Waals surface area (Å²) < 4.78 is 0. The maximum absolute atomic E-state index is 10.6. The molecule has 0 aliphatic heterocycles. The second kappa shape index (κ2) is 5.30. The van der Waals surface area contributed by atoms with E-state index in [0.717, 1.165) is 18.2 Å². The molecule has 1 rings (SSSR count). The monoisotopic (exact) mass is 240 g/mol. The summed E-state index contributed by atoms with van der Waals surface area (Å²) >= 11 is 0. The molecule has 0 unspecified atom stereocenters. The van der Waals surface area contributed by atoms with E-state index >= 15 is 0 Å². The summed E-state index contributed by atoms with van der Waals surface area (Å²) in [6.45, 7) is 0. The summed E-state index contributed by atoms with van der Waals surface area (Å²) in [5.41, 5.74) is -1.24. The van der Waals surface area contributed by atoms with Crippen molar-refractivity contribution in [3.05, 3.63) is 34.9 Å². The molecule has 6 nitrogen and oxygen atoms in total. The molecule has 0 aliphatic rings. The Hall–Kier alpha value is -1.84. The SMILES string of the molecule is O=C(O)c1ccc(C(=O)O)c(C(=O)O)c1.[AlH3]. The molecule has 16 heavy (non-hydrogen) atoms. The molecule has 0 saturated heterocycles. The van der Waals surface area contributed by atoms with Crippen molar-refractivity contribution in [2.45, 2.75) is 0 Å². The Bertz CT molecular complexity index is 453. The van der Waals surface area contributed by atoms with E-state index in [2.05, 4.69) is 0 Å². The van der Waals surface area contributed by atoms with Crippen LogP contribution in [0, 0.1) is 0 Å². The van der Waals surface area contributed by atoms with Crippen LogP contribution >= 0.6 is 0 Å². The smallest absolute Gasteiger partial charge is 0.336 e. The molecule has 0 amide bonds. The van der Waals surface area contributed by atoms with E-state index in [9.17, 15) is 14.4 Å². The first kappa shape index (κ1) is 14.2. The number of carbonyl (C=O) groups is 3. The highest BCUT2D eigenvalue weighted by molar-refractivity contribution is 6.03. The molecule has 0 radical (unpaired) electrons. The van der Waals surface area contributed by atoms with Gasteiger partial charge in [0.15, 0.2) is 17.4 Å². The molecule has 0 aromatic heterocycles. The molecular weight excluding hydrogens is 231 g/mol. The summed E-state index contributed by atoms with van der Waals surface area (Å²) in [5, 5.41) is 25.9. The summed E-state index contributed by atoms with van der Waals surface area (Å²) in [7, 11) is 0. The Morgan fingerprint density at radius 2 is 1.31 bits per heavy atom. The Morgan fingerprint density at radius 1 is 0.812 bits per heavy atom. The van der Waals surface area contributed by atoms with Gasteiger partial charge in [0.05, 0.1) is 16.7 Å². The predicted octanol–water partition coefficient (Wildman–Crippen LogP) is -0.403. The van der Waals surface area contributed by atoms with Crippen molar-refractivity contribution in [1.82, 2.24) is 0 Å². The topological polar surface area (TPSA) is 112 Å². The molecule has 7 heteroatoms. The quantitative estimate of drug-likeness (QED) is 0.619. The lowest BCUT2D eigenvalue weighted by molar-refractivity contribution is 0.0649. The number of benzene rings is 1. The van der Waals surface area contributed by atoms with Gasteiger partial charge in [0.25, 0.3) is 0 Å². The maximum Gasteiger partial charge on any atom is 0.336 e. The van der Waals surface area contributed by atoms with Gasteiger partial charge in [-0.25, -0.2) is 14.4 Å². The molecule has 84 valence electrons. The van der Waals surface area contributed by atoms with Crippen LogP contribution in [0.5, 0.6) is 0 Å². The summed E-state index contributed by atoms with van der Waals surface area (Å²) in [4.78, 5) is 31.8. The molecule has 0 atom stereocenters. The highest BCUT2D eigenvalue weighted by Crippen LogP contribution is 2.12. The standard InChI is InChI=1S/C9H6O6.Al.3H/c10-7(11)4-1-2-5(8(12)13)6(3-4)9(14)15;;;;/h1-3H,(H,10,11)(H,12,13)(H,14,15);;;;. The highest BCUT2D eigenvalue weighted by atomic mass is 27.0. The lowest BCUT2D eigenvalue weighted by atomic mass is 10.0. The number of aromatic carboxylic acids is 3. The zero-order valence-electron chi connectivity index (χ0n) is 7.30. The molecule has 0 heterocycles. The van der Waals surface area contributed by atoms with Gasteiger partial charge in [-0.1, -0.05) is 0 Å². The van der Waals surface area contributed by atoms with Crippen molar-refractivity contribution < 1.29 is 29.7 Å². The van der Waals surface area contributed by atoms with Crippen molar-refractivity contribution in [3.8, 4) is 0 Å². The minimum Gasteiger partial charge on any atom is -0.478 e. The van der Waals surface area contributed by atoms with Crippen molar-refractivity contribution in [1.29, 1.82) is 0 Å². The number of carboxylic acid groups (broad SMARTS) is 3. The average Bonchev–Trinajstić information content (AvgIpc) is 2.16. The van der Waals surface area contributed by atoms with Gasteiger partial charge in [0.2, 0.25) is 0 Å². The Balaban J connectivity index is 0.00000225. The van der Waals surface area contributed by atoms with Crippen LogP contribution in [-0.2, 0) is 0 Å². The van der Waals surface area contributed by atoms with E-state index in [0.29, 0.717) is 0 Å². The molecule has 1 aromatic rings. The molecule has 0 aliphatic carbocycles. The van der Waals surface area contributed by atoms with Crippen LogP contribution in [0.15, 0.2) is 18.2 Å². The van der Waals surface area contributed by atoms with E-state index in [-0.39, 0.29) is 22.9 Å². The van der Waals surface area contributed by atoms with Crippen LogP contribution < -0.4 is 0 Å². The fourth-order valence-electron chi connectivity index (χ4n) is 1.04. The molecule has 0 bridgehead atoms. The van der Waals surface area contributed by atoms with Gasteiger partial charge in [-0.3, -0.25) is 0 Å². The Morgan fingerprint density at radius 3 is 1.69 bits per heavy atom. The number of hydrogen-bond donors (Lipinski definition) is 3. The maximum atomic E-state index is 10.6. The Kier molecular flexibility index (Phi) is 4.69. The fourth-order valence-corrected chi connectivity index (χ4v) is 1.04. The van der Waals surface area contributed by atoms with Gasteiger partial charge in [-0.15, -0.1) is 0 Å². The lowest BCUT2D eigenvalue weighted by Crippen LogP contribution is -2.10. The van der Waals surface area contributed by atoms with Crippen LogP contribution in [0.3, 0.4) is 0 Å². The van der Waals surface area contributed by atoms with E-state index in [1.165, 1.54) is 0 Å². The van der Waals surface area contributed by atoms with Crippen LogP contribution in [-0.4, -0.2) is 50.6 Å². The van der Waals surface area contributed by atoms with Crippen molar-refractivity contribution in [3.63, 3.8) is 0 Å². The second-order valence-electron chi connectivity index (χ2n) is 2.68. The van der Waals surface area contributed by atoms with E-state index in [4.69, 9.17) is 15.3 Å². The number of carboxylic acids is 3. The first-order chi connectivity index (χ1) is 6.93. The van der Waals surface area contributed by atoms with Gasteiger partial charge in [0, 0.05) is 0 Å². The summed E-state index contributed by atoms with van der Waals surface area (Å²) in [5.74, 6) is -4.20. The molecule has 0 saturated carbocycles. The van der Waals surface area contributed by atoms with Crippen LogP contribution in [0.1, 0.15) is 31.1 Å². The number of rotatable bonds is 3.